The maximum Gasteiger partial charge on any atom is 0.255 e. The molecule has 6 nitrogen and oxygen atoms in total. The van der Waals surface area contributed by atoms with Crippen LogP contribution < -0.4 is 15.3 Å². The lowest BCUT2D eigenvalue weighted by molar-refractivity contribution is -0.119. The summed E-state index contributed by atoms with van der Waals surface area (Å²) in [6.45, 7) is 1.76. The van der Waals surface area contributed by atoms with E-state index in [1.807, 2.05) is 42.8 Å². The number of thiazole rings is 1. The van der Waals surface area contributed by atoms with Crippen molar-refractivity contribution in [2.24, 2.45) is 23.0 Å². The van der Waals surface area contributed by atoms with Gasteiger partial charge in [-0.15, -0.1) is 5.10 Å². The van der Waals surface area contributed by atoms with E-state index in [0.29, 0.717) is 5.75 Å². The van der Waals surface area contributed by atoms with Gasteiger partial charge in [0, 0.05) is 7.05 Å². The van der Waals surface area contributed by atoms with Crippen LogP contribution in [-0.2, 0) is 11.8 Å². The Kier molecular flexibility index (Phi) is 4.95. The van der Waals surface area contributed by atoms with Crippen LogP contribution in [0.25, 0.3) is 10.2 Å². The Labute approximate surface area is 148 Å². The molecule has 0 aliphatic rings. The number of amides is 1. The standard InChI is InChI=1S/C18H18N4O2S/c1-12(13-7-9-14(10-8-13)24-11-17(19)23)20-21-18-22(2)15-5-3-4-6-16(15)25-18/h3-10H,11H2,1-2H3,(H2,19,23). The van der Waals surface area contributed by atoms with Crippen LogP contribution in [0.3, 0.4) is 0 Å². The number of carbonyl (C=O) groups is 1. The van der Waals surface area contributed by atoms with Crippen LogP contribution in [0.4, 0.5) is 0 Å². The van der Waals surface area contributed by atoms with Gasteiger partial charge in [-0.25, -0.2) is 0 Å². The molecule has 0 bridgehead atoms. The fraction of sp³-hybridized carbons (Fsp3) is 0.167. The number of aromatic nitrogens is 1. The van der Waals surface area contributed by atoms with Crippen LogP contribution in [0.15, 0.2) is 58.7 Å². The number of nitrogens with two attached hydrogens (primary N) is 1. The monoisotopic (exact) mass is 354 g/mol. The van der Waals surface area contributed by atoms with Crippen molar-refractivity contribution in [3.05, 3.63) is 58.9 Å². The number of benzene rings is 2. The van der Waals surface area contributed by atoms with E-state index in [-0.39, 0.29) is 6.61 Å². The maximum absolute atomic E-state index is 10.7. The second-order valence-corrected chi connectivity index (χ2v) is 6.49. The Bertz CT molecular complexity index is 1000. The summed E-state index contributed by atoms with van der Waals surface area (Å²) >= 11 is 1.60. The Balaban J connectivity index is 1.83. The summed E-state index contributed by atoms with van der Waals surface area (Å²) in [7, 11) is 1.98. The molecule has 0 aliphatic carbocycles. The molecule has 0 unspecified atom stereocenters. The number of nitrogens with zero attached hydrogens (tertiary/aromatic N) is 3. The highest BCUT2D eigenvalue weighted by Crippen LogP contribution is 2.15. The molecule has 0 spiro atoms. The van der Waals surface area contributed by atoms with Gasteiger partial charge in [-0.2, -0.15) is 5.10 Å². The summed E-state index contributed by atoms with van der Waals surface area (Å²) in [6, 6.07) is 15.4. The number of primary amides is 1. The number of carbonyl (C=O) groups excluding carboxylic acids is 1. The van der Waals surface area contributed by atoms with Gasteiger partial charge in [-0.05, 0) is 48.9 Å². The Hall–Kier alpha value is -2.93. The number of hydrogen-bond donors (Lipinski definition) is 1. The number of ether oxygens (including phenoxy) is 1. The van der Waals surface area contributed by atoms with Crippen molar-refractivity contribution < 1.29 is 9.53 Å². The van der Waals surface area contributed by atoms with Crippen molar-refractivity contribution in [1.82, 2.24) is 4.57 Å². The third-order valence-corrected chi connectivity index (χ3v) is 4.76. The highest BCUT2D eigenvalue weighted by Gasteiger charge is 2.02. The minimum Gasteiger partial charge on any atom is -0.484 e. The van der Waals surface area contributed by atoms with Gasteiger partial charge in [-0.1, -0.05) is 23.5 Å². The quantitative estimate of drug-likeness (QED) is 0.564. The van der Waals surface area contributed by atoms with Crippen molar-refractivity contribution in [2.45, 2.75) is 6.92 Å². The molecule has 7 heteroatoms. The molecular formula is C18H18N4O2S. The van der Waals surface area contributed by atoms with Crippen molar-refractivity contribution in [2.75, 3.05) is 6.61 Å². The van der Waals surface area contributed by atoms with Gasteiger partial charge in [0.1, 0.15) is 5.75 Å². The third kappa shape index (κ3) is 3.95. The molecule has 0 atom stereocenters. The van der Waals surface area contributed by atoms with E-state index in [9.17, 15) is 4.79 Å². The SMILES string of the molecule is CC(=NN=c1sc2ccccc2n1C)c1ccc(OCC(N)=O)cc1. The van der Waals surface area contributed by atoms with E-state index < -0.39 is 5.91 Å². The van der Waals surface area contributed by atoms with Gasteiger partial charge in [0.25, 0.3) is 5.91 Å². The van der Waals surface area contributed by atoms with Crippen LogP contribution in [0.2, 0.25) is 0 Å². The molecule has 1 heterocycles. The average molecular weight is 354 g/mol. The largest absolute Gasteiger partial charge is 0.484 e. The Morgan fingerprint density at radius 2 is 1.92 bits per heavy atom. The number of fused-ring (bicyclic) bond motifs is 1. The van der Waals surface area contributed by atoms with Crippen molar-refractivity contribution >= 4 is 33.2 Å². The van der Waals surface area contributed by atoms with Crippen molar-refractivity contribution in [1.29, 1.82) is 0 Å². The summed E-state index contributed by atoms with van der Waals surface area (Å²) in [5.74, 6) is 0.0834. The highest BCUT2D eigenvalue weighted by atomic mass is 32.1. The lowest BCUT2D eigenvalue weighted by Crippen LogP contribution is -2.20. The van der Waals surface area contributed by atoms with Gasteiger partial charge in [-0.3, -0.25) is 4.79 Å². The zero-order valence-electron chi connectivity index (χ0n) is 14.0. The molecule has 3 rings (SSSR count). The van der Waals surface area contributed by atoms with E-state index in [2.05, 4.69) is 22.3 Å². The summed E-state index contributed by atoms with van der Waals surface area (Å²) in [4.78, 5) is 11.6. The summed E-state index contributed by atoms with van der Waals surface area (Å²) in [5.41, 5.74) is 7.91. The van der Waals surface area contributed by atoms with Crippen LogP contribution in [0.5, 0.6) is 5.75 Å². The van der Waals surface area contributed by atoms with Gasteiger partial charge in [0.2, 0.25) is 4.80 Å². The minimum atomic E-state index is -0.503. The molecule has 0 saturated carbocycles. The lowest BCUT2D eigenvalue weighted by atomic mass is 10.1. The first kappa shape index (κ1) is 16.9. The lowest BCUT2D eigenvalue weighted by Gasteiger charge is -2.04. The first-order valence-corrected chi connectivity index (χ1v) is 8.50. The molecule has 1 aromatic heterocycles. The van der Waals surface area contributed by atoms with E-state index in [1.165, 1.54) is 4.70 Å². The first-order chi connectivity index (χ1) is 12.0. The van der Waals surface area contributed by atoms with Gasteiger partial charge in [0.15, 0.2) is 6.61 Å². The van der Waals surface area contributed by atoms with E-state index in [4.69, 9.17) is 10.5 Å². The van der Waals surface area contributed by atoms with Gasteiger partial charge in [0.05, 0.1) is 15.9 Å². The average Bonchev–Trinajstić information content (AvgIpc) is 2.94. The van der Waals surface area contributed by atoms with Crippen LogP contribution in [-0.4, -0.2) is 22.8 Å². The second-order valence-electron chi connectivity index (χ2n) is 5.48. The van der Waals surface area contributed by atoms with Crippen molar-refractivity contribution in [3.63, 3.8) is 0 Å². The third-order valence-electron chi connectivity index (χ3n) is 3.65. The molecule has 25 heavy (non-hydrogen) atoms. The predicted molar refractivity (Wildman–Crippen MR) is 99.7 cm³/mol. The molecular weight excluding hydrogens is 336 g/mol. The summed E-state index contributed by atoms with van der Waals surface area (Å²) in [5, 5.41) is 8.72. The van der Waals surface area contributed by atoms with E-state index >= 15 is 0 Å². The molecule has 0 radical (unpaired) electrons. The Morgan fingerprint density at radius 3 is 2.60 bits per heavy atom. The highest BCUT2D eigenvalue weighted by molar-refractivity contribution is 7.16. The van der Waals surface area contributed by atoms with E-state index in [0.717, 1.165) is 21.6 Å². The normalized spacial score (nSPS) is 12.6. The van der Waals surface area contributed by atoms with Crippen LogP contribution in [0, 0.1) is 0 Å². The Morgan fingerprint density at radius 1 is 1.20 bits per heavy atom. The molecule has 2 N–H and O–H groups in total. The number of para-hydroxylation sites is 1. The predicted octanol–water partition coefficient (Wildman–Crippen LogP) is 2.43. The smallest absolute Gasteiger partial charge is 0.255 e. The van der Waals surface area contributed by atoms with Crippen molar-refractivity contribution in [3.8, 4) is 5.75 Å². The summed E-state index contributed by atoms with van der Waals surface area (Å²) in [6.07, 6.45) is 0. The van der Waals surface area contributed by atoms with Gasteiger partial charge < -0.3 is 15.0 Å². The zero-order chi connectivity index (χ0) is 17.8. The molecule has 3 aromatic rings. The zero-order valence-corrected chi connectivity index (χ0v) is 14.8. The van der Waals surface area contributed by atoms with Gasteiger partial charge >= 0.3 is 0 Å². The fourth-order valence-electron chi connectivity index (χ4n) is 2.30. The molecule has 1 amide bonds. The maximum atomic E-state index is 10.7. The second kappa shape index (κ2) is 7.31. The van der Waals surface area contributed by atoms with Crippen LogP contribution in [0.1, 0.15) is 12.5 Å². The minimum absolute atomic E-state index is 0.135. The number of hydrogen-bond acceptors (Lipinski definition) is 5. The molecule has 128 valence electrons. The molecule has 0 fully saturated rings. The molecule has 2 aromatic carbocycles. The van der Waals surface area contributed by atoms with E-state index in [1.54, 1.807) is 23.5 Å². The molecule has 0 aliphatic heterocycles. The number of rotatable bonds is 5. The first-order valence-electron chi connectivity index (χ1n) is 7.69. The van der Waals surface area contributed by atoms with Crippen LogP contribution >= 0.6 is 11.3 Å². The molecule has 0 saturated heterocycles. The summed E-state index contributed by atoms with van der Waals surface area (Å²) < 4.78 is 8.44. The number of aryl methyl sites for hydroxylation is 1. The fourth-order valence-corrected chi connectivity index (χ4v) is 3.27. The topological polar surface area (TPSA) is 82.0 Å².